The molecular formula is C46H31N3. The van der Waals surface area contributed by atoms with Gasteiger partial charge in [0.15, 0.2) is 5.82 Å². The maximum atomic E-state index is 5.33. The lowest BCUT2D eigenvalue weighted by Gasteiger charge is -2.13. The van der Waals surface area contributed by atoms with Crippen LogP contribution < -0.4 is 0 Å². The number of rotatable bonds is 6. The van der Waals surface area contributed by atoms with Gasteiger partial charge in [0.1, 0.15) is 5.52 Å². The van der Waals surface area contributed by atoms with Crippen molar-refractivity contribution >= 4 is 21.9 Å². The summed E-state index contributed by atoms with van der Waals surface area (Å²) in [5.41, 5.74) is 14.1. The Morgan fingerprint density at radius 2 is 0.796 bits per heavy atom. The molecule has 0 spiro atoms. The van der Waals surface area contributed by atoms with Crippen molar-refractivity contribution in [2.45, 2.75) is 0 Å². The molecule has 9 aromatic rings. The van der Waals surface area contributed by atoms with Gasteiger partial charge in [-0.05, 0) is 69.8 Å². The van der Waals surface area contributed by atoms with Crippen LogP contribution in [0.3, 0.4) is 0 Å². The molecule has 0 atom stereocenters. The van der Waals surface area contributed by atoms with Crippen LogP contribution in [0.1, 0.15) is 0 Å². The number of nitrogens with zero attached hydrogens (tertiary/aromatic N) is 3. The van der Waals surface area contributed by atoms with E-state index in [0.29, 0.717) is 5.82 Å². The summed E-state index contributed by atoms with van der Waals surface area (Å²) in [6, 6.07) is 66.1. The first-order valence-corrected chi connectivity index (χ1v) is 16.6. The Morgan fingerprint density at radius 1 is 0.347 bits per heavy atom. The molecule has 0 aliphatic carbocycles. The molecule has 0 fully saturated rings. The Labute approximate surface area is 285 Å². The van der Waals surface area contributed by atoms with E-state index in [1.807, 2.05) is 6.07 Å². The summed E-state index contributed by atoms with van der Waals surface area (Å²) in [7, 11) is 0. The lowest BCUT2D eigenvalue weighted by atomic mass is 9.95. The van der Waals surface area contributed by atoms with Crippen LogP contribution in [0.4, 0.5) is 0 Å². The van der Waals surface area contributed by atoms with E-state index in [1.54, 1.807) is 0 Å². The van der Waals surface area contributed by atoms with Crippen LogP contribution in [0.15, 0.2) is 188 Å². The molecule has 2 aromatic heterocycles. The van der Waals surface area contributed by atoms with Crippen LogP contribution in [0, 0.1) is 0 Å². The van der Waals surface area contributed by atoms with Crippen molar-refractivity contribution in [3.63, 3.8) is 0 Å². The van der Waals surface area contributed by atoms with E-state index in [-0.39, 0.29) is 0 Å². The summed E-state index contributed by atoms with van der Waals surface area (Å²) >= 11 is 0. The zero-order valence-electron chi connectivity index (χ0n) is 26.7. The minimum absolute atomic E-state index is 0.705. The third kappa shape index (κ3) is 5.28. The van der Waals surface area contributed by atoms with Gasteiger partial charge < -0.3 is 4.57 Å². The monoisotopic (exact) mass is 625 g/mol. The van der Waals surface area contributed by atoms with Gasteiger partial charge in [-0.1, -0.05) is 152 Å². The van der Waals surface area contributed by atoms with E-state index < -0.39 is 0 Å². The number of para-hydroxylation sites is 2. The highest BCUT2D eigenvalue weighted by Gasteiger charge is 2.21. The summed E-state index contributed by atoms with van der Waals surface area (Å²) in [6.07, 6.45) is 0. The Morgan fingerprint density at radius 3 is 1.41 bits per heavy atom. The normalized spacial score (nSPS) is 11.3. The van der Waals surface area contributed by atoms with Gasteiger partial charge in [0.2, 0.25) is 0 Å². The molecule has 49 heavy (non-hydrogen) atoms. The Balaban J connectivity index is 1.19. The Kier molecular flexibility index (Phi) is 7.14. The largest absolute Gasteiger partial charge is 0.306 e. The fraction of sp³-hybridized carbons (Fsp3) is 0. The highest BCUT2D eigenvalue weighted by molar-refractivity contribution is 6.11. The quantitative estimate of drug-likeness (QED) is 0.184. The van der Waals surface area contributed by atoms with E-state index in [2.05, 4.69) is 187 Å². The van der Waals surface area contributed by atoms with E-state index in [0.717, 1.165) is 55.6 Å². The summed E-state index contributed by atoms with van der Waals surface area (Å²) in [5, 5.41) is 1.10. The van der Waals surface area contributed by atoms with Crippen LogP contribution in [0.2, 0.25) is 0 Å². The number of aromatic nitrogens is 3. The van der Waals surface area contributed by atoms with E-state index in [9.17, 15) is 0 Å². The fourth-order valence-corrected chi connectivity index (χ4v) is 6.84. The van der Waals surface area contributed by atoms with Crippen molar-refractivity contribution in [2.75, 3.05) is 0 Å². The molecule has 0 unspecified atom stereocenters. The van der Waals surface area contributed by atoms with E-state index in [1.165, 1.54) is 22.3 Å². The molecule has 3 heteroatoms. The first-order valence-electron chi connectivity index (χ1n) is 16.6. The number of fused-ring (bicyclic) bond motifs is 3. The van der Waals surface area contributed by atoms with Crippen LogP contribution >= 0.6 is 0 Å². The molecule has 230 valence electrons. The molecule has 0 radical (unpaired) electrons. The number of hydrogen-bond acceptors (Lipinski definition) is 2. The molecule has 0 saturated carbocycles. The second-order valence-electron chi connectivity index (χ2n) is 12.3. The SMILES string of the molecule is c1ccc(-c2cccc(-c3cccc(-c4cccc(-c5nc(-c6ccccc6)c6c(n5)c5ccccc5n6-c5ccccc5)c4)c3)c2)cc1. The predicted octanol–water partition coefficient (Wildman–Crippen LogP) is 11.9. The Bertz CT molecular complexity index is 2590. The predicted molar refractivity (Wildman–Crippen MR) is 204 cm³/mol. The van der Waals surface area contributed by atoms with Gasteiger partial charge in [-0.15, -0.1) is 0 Å². The molecule has 2 heterocycles. The second-order valence-corrected chi connectivity index (χ2v) is 12.3. The lowest BCUT2D eigenvalue weighted by molar-refractivity contribution is 1.15. The molecule has 0 bridgehead atoms. The van der Waals surface area contributed by atoms with Gasteiger partial charge in [-0.25, -0.2) is 9.97 Å². The molecule has 0 amide bonds. The van der Waals surface area contributed by atoms with Gasteiger partial charge in [0.05, 0.1) is 16.7 Å². The summed E-state index contributed by atoms with van der Waals surface area (Å²) in [5.74, 6) is 0.705. The van der Waals surface area contributed by atoms with Crippen molar-refractivity contribution in [1.82, 2.24) is 14.5 Å². The Hall–Kier alpha value is -6.58. The number of benzene rings is 7. The topological polar surface area (TPSA) is 30.7 Å². The van der Waals surface area contributed by atoms with Gasteiger partial charge in [0, 0.05) is 22.2 Å². The second kappa shape index (κ2) is 12.2. The molecule has 3 nitrogen and oxygen atoms in total. The standard InChI is InChI=1S/C46H31N3/c1-4-15-32(16-5-1)34-19-12-20-35(29-34)36-21-13-22-37(30-36)38-23-14-24-39(31-38)46-47-43(33-17-6-2-7-18-33)45-44(48-46)41-27-10-11-28-42(41)49(45)40-25-8-3-9-26-40/h1-31H. The fourth-order valence-electron chi connectivity index (χ4n) is 6.84. The summed E-state index contributed by atoms with van der Waals surface area (Å²) in [4.78, 5) is 10.6. The van der Waals surface area contributed by atoms with Crippen LogP contribution in [0.5, 0.6) is 0 Å². The van der Waals surface area contributed by atoms with E-state index >= 15 is 0 Å². The average molecular weight is 626 g/mol. The third-order valence-electron chi connectivity index (χ3n) is 9.19. The van der Waals surface area contributed by atoms with Crippen molar-refractivity contribution in [2.24, 2.45) is 0 Å². The first-order chi connectivity index (χ1) is 24.3. The van der Waals surface area contributed by atoms with Crippen molar-refractivity contribution in [3.8, 4) is 61.7 Å². The maximum Gasteiger partial charge on any atom is 0.160 e. The molecule has 0 aliphatic heterocycles. The zero-order valence-corrected chi connectivity index (χ0v) is 26.7. The molecule has 0 N–H and O–H groups in total. The van der Waals surface area contributed by atoms with Crippen LogP contribution in [0.25, 0.3) is 83.6 Å². The highest BCUT2D eigenvalue weighted by atomic mass is 15.0. The van der Waals surface area contributed by atoms with Gasteiger partial charge in [0.25, 0.3) is 0 Å². The summed E-state index contributed by atoms with van der Waals surface area (Å²) < 4.78 is 2.30. The van der Waals surface area contributed by atoms with Gasteiger partial charge >= 0.3 is 0 Å². The van der Waals surface area contributed by atoms with Gasteiger partial charge in [-0.2, -0.15) is 0 Å². The van der Waals surface area contributed by atoms with Crippen LogP contribution in [-0.2, 0) is 0 Å². The van der Waals surface area contributed by atoms with Gasteiger partial charge in [-0.3, -0.25) is 0 Å². The minimum Gasteiger partial charge on any atom is -0.306 e. The molecule has 0 saturated heterocycles. The van der Waals surface area contributed by atoms with Crippen LogP contribution in [-0.4, -0.2) is 14.5 Å². The molecular weight excluding hydrogens is 595 g/mol. The summed E-state index contributed by atoms with van der Waals surface area (Å²) in [6.45, 7) is 0. The molecule has 7 aromatic carbocycles. The lowest BCUT2D eigenvalue weighted by Crippen LogP contribution is -1.99. The minimum atomic E-state index is 0.705. The molecule has 0 aliphatic rings. The maximum absolute atomic E-state index is 5.33. The number of hydrogen-bond donors (Lipinski definition) is 0. The zero-order chi connectivity index (χ0) is 32.6. The average Bonchev–Trinajstić information content (AvgIpc) is 3.53. The van der Waals surface area contributed by atoms with Crippen molar-refractivity contribution in [1.29, 1.82) is 0 Å². The third-order valence-corrected chi connectivity index (χ3v) is 9.19. The highest BCUT2D eigenvalue weighted by Crippen LogP contribution is 2.38. The first kappa shape index (κ1) is 28.6. The van der Waals surface area contributed by atoms with Crippen molar-refractivity contribution < 1.29 is 0 Å². The van der Waals surface area contributed by atoms with Crippen molar-refractivity contribution in [3.05, 3.63) is 188 Å². The van der Waals surface area contributed by atoms with E-state index in [4.69, 9.17) is 9.97 Å². The smallest absolute Gasteiger partial charge is 0.160 e. The molecule has 9 rings (SSSR count).